The van der Waals surface area contributed by atoms with Crippen LogP contribution in [-0.4, -0.2) is 27.5 Å². The molecule has 3 aromatic heterocycles. The van der Waals surface area contributed by atoms with Gasteiger partial charge in [-0.1, -0.05) is 6.07 Å². The van der Waals surface area contributed by atoms with Crippen molar-refractivity contribution in [1.82, 2.24) is 15.1 Å². The van der Waals surface area contributed by atoms with Gasteiger partial charge in [0.2, 0.25) is 12.3 Å². The first-order chi connectivity index (χ1) is 13.3. The molecule has 0 bridgehead atoms. The van der Waals surface area contributed by atoms with Crippen LogP contribution in [0.1, 0.15) is 31.7 Å². The predicted octanol–water partition coefficient (Wildman–Crippen LogP) is 4.65. The molecule has 1 atom stereocenters. The summed E-state index contributed by atoms with van der Waals surface area (Å²) in [7, 11) is 0. The van der Waals surface area contributed by atoms with Crippen LogP contribution in [0, 0.1) is 0 Å². The fraction of sp³-hybridized carbons (Fsp3) is 0.150. The van der Waals surface area contributed by atoms with E-state index in [1.54, 1.807) is 22.7 Å². The molecular formula is C20H15N3O2S2. The first-order valence-electron chi connectivity index (χ1n) is 8.58. The number of nitrogens with zero attached hydrogens (tertiary/aromatic N) is 3. The summed E-state index contributed by atoms with van der Waals surface area (Å²) in [5.74, 6) is 0.494. The lowest BCUT2D eigenvalue weighted by Crippen LogP contribution is -2.39. The number of hydrogen-bond donors (Lipinski definition) is 0. The van der Waals surface area contributed by atoms with Crippen molar-refractivity contribution in [1.29, 1.82) is 0 Å². The second-order valence-electron chi connectivity index (χ2n) is 6.29. The Labute approximate surface area is 163 Å². The van der Waals surface area contributed by atoms with E-state index in [0.717, 1.165) is 18.5 Å². The van der Waals surface area contributed by atoms with Crippen molar-refractivity contribution in [2.75, 3.05) is 6.54 Å². The standard InChI is InChI=1S/C20H15N3O2S2/c24-20(14-5-3-13(4-6-14)19-22-21-12-25-19)23-9-7-16-15(8-11-27-16)18(23)17-2-1-10-26-17/h1-6,8,10-12,18H,7,9H2/t18-/m1/s1. The maximum atomic E-state index is 13.3. The van der Waals surface area contributed by atoms with Crippen molar-refractivity contribution in [3.8, 4) is 11.5 Å². The van der Waals surface area contributed by atoms with E-state index in [2.05, 4.69) is 33.1 Å². The van der Waals surface area contributed by atoms with Gasteiger partial charge in [-0.05, 0) is 59.1 Å². The highest BCUT2D eigenvalue weighted by Crippen LogP contribution is 2.40. The van der Waals surface area contributed by atoms with E-state index in [9.17, 15) is 4.79 Å². The van der Waals surface area contributed by atoms with E-state index in [0.29, 0.717) is 11.5 Å². The molecule has 0 radical (unpaired) electrons. The maximum Gasteiger partial charge on any atom is 0.254 e. The molecule has 5 nitrogen and oxygen atoms in total. The summed E-state index contributed by atoms with van der Waals surface area (Å²) >= 11 is 3.48. The SMILES string of the molecule is O=C(c1ccc(-c2nnco2)cc1)N1CCc2sccc2[C@@H]1c1cccs1. The summed E-state index contributed by atoms with van der Waals surface area (Å²) in [6.07, 6.45) is 2.20. The highest BCUT2D eigenvalue weighted by Gasteiger charge is 2.33. The molecule has 0 unspecified atom stereocenters. The van der Waals surface area contributed by atoms with Crippen molar-refractivity contribution >= 4 is 28.6 Å². The van der Waals surface area contributed by atoms with Gasteiger partial charge in [0.05, 0.1) is 6.04 Å². The van der Waals surface area contributed by atoms with Crippen LogP contribution in [-0.2, 0) is 6.42 Å². The van der Waals surface area contributed by atoms with Gasteiger partial charge in [-0.15, -0.1) is 32.9 Å². The summed E-state index contributed by atoms with van der Waals surface area (Å²) < 4.78 is 5.22. The molecule has 7 heteroatoms. The zero-order valence-electron chi connectivity index (χ0n) is 14.2. The quantitative estimate of drug-likeness (QED) is 0.508. The molecule has 1 aliphatic rings. The molecule has 1 amide bonds. The molecule has 134 valence electrons. The van der Waals surface area contributed by atoms with Gasteiger partial charge >= 0.3 is 0 Å². The normalized spacial score (nSPS) is 16.3. The number of benzene rings is 1. The third kappa shape index (κ3) is 2.89. The Balaban J connectivity index is 1.48. The van der Waals surface area contributed by atoms with Gasteiger partial charge in [-0.3, -0.25) is 4.79 Å². The Morgan fingerprint density at radius 1 is 1.11 bits per heavy atom. The highest BCUT2D eigenvalue weighted by atomic mass is 32.1. The van der Waals surface area contributed by atoms with Crippen LogP contribution in [0.2, 0.25) is 0 Å². The Morgan fingerprint density at radius 3 is 2.74 bits per heavy atom. The Hall–Kier alpha value is -2.77. The van der Waals surface area contributed by atoms with E-state index in [1.165, 1.54) is 21.7 Å². The fourth-order valence-corrected chi connectivity index (χ4v) is 5.27. The molecule has 4 aromatic rings. The first-order valence-corrected chi connectivity index (χ1v) is 10.3. The number of carbonyl (C=O) groups is 1. The van der Waals surface area contributed by atoms with Gasteiger partial charge in [0, 0.05) is 27.4 Å². The molecular weight excluding hydrogens is 378 g/mol. The summed E-state index contributed by atoms with van der Waals surface area (Å²) in [5, 5.41) is 11.8. The highest BCUT2D eigenvalue weighted by molar-refractivity contribution is 7.10. The number of amides is 1. The lowest BCUT2D eigenvalue weighted by molar-refractivity contribution is 0.0699. The monoisotopic (exact) mass is 393 g/mol. The zero-order chi connectivity index (χ0) is 18.2. The minimum absolute atomic E-state index is 0.0110. The number of rotatable bonds is 3. The molecule has 5 rings (SSSR count). The van der Waals surface area contributed by atoms with Crippen molar-refractivity contribution in [3.05, 3.63) is 80.5 Å². The van der Waals surface area contributed by atoms with Crippen LogP contribution in [0.4, 0.5) is 0 Å². The second-order valence-corrected chi connectivity index (χ2v) is 8.27. The average Bonchev–Trinajstić information content (AvgIpc) is 3.49. The Bertz CT molecular complexity index is 1050. The Kier molecular flexibility index (Phi) is 4.10. The molecule has 0 aliphatic carbocycles. The second kappa shape index (κ2) is 6.75. The Morgan fingerprint density at radius 2 is 2.00 bits per heavy atom. The number of carbonyl (C=O) groups excluding carboxylic acids is 1. The molecule has 1 aromatic carbocycles. The van der Waals surface area contributed by atoms with E-state index in [-0.39, 0.29) is 11.9 Å². The van der Waals surface area contributed by atoms with Crippen molar-refractivity contribution in [2.24, 2.45) is 0 Å². The molecule has 0 N–H and O–H groups in total. The summed E-state index contributed by atoms with van der Waals surface area (Å²) in [6.45, 7) is 0.723. The fourth-order valence-electron chi connectivity index (χ4n) is 3.51. The van der Waals surface area contributed by atoms with Gasteiger partial charge in [-0.25, -0.2) is 0 Å². The third-order valence-corrected chi connectivity index (χ3v) is 6.70. The lowest BCUT2D eigenvalue weighted by Gasteiger charge is -2.35. The van der Waals surface area contributed by atoms with E-state index in [1.807, 2.05) is 35.2 Å². The van der Waals surface area contributed by atoms with Crippen LogP contribution in [0.25, 0.3) is 11.5 Å². The molecule has 4 heterocycles. The van der Waals surface area contributed by atoms with Crippen LogP contribution in [0.15, 0.2) is 64.0 Å². The van der Waals surface area contributed by atoms with Crippen LogP contribution in [0.5, 0.6) is 0 Å². The molecule has 0 saturated heterocycles. The summed E-state index contributed by atoms with van der Waals surface area (Å²) in [6, 6.07) is 13.7. The van der Waals surface area contributed by atoms with Gasteiger partial charge in [0.1, 0.15) is 0 Å². The summed E-state index contributed by atoms with van der Waals surface area (Å²) in [5.41, 5.74) is 2.72. The number of fused-ring (bicyclic) bond motifs is 1. The third-order valence-electron chi connectivity index (χ3n) is 4.78. The molecule has 0 saturated carbocycles. The number of aromatic nitrogens is 2. The van der Waals surface area contributed by atoms with Gasteiger partial charge in [0.25, 0.3) is 5.91 Å². The minimum atomic E-state index is -0.0110. The largest absolute Gasteiger partial charge is 0.423 e. The predicted molar refractivity (Wildman–Crippen MR) is 105 cm³/mol. The first kappa shape index (κ1) is 16.4. The molecule has 1 aliphatic heterocycles. The van der Waals surface area contributed by atoms with E-state index >= 15 is 0 Å². The van der Waals surface area contributed by atoms with Crippen molar-refractivity contribution in [2.45, 2.75) is 12.5 Å². The zero-order valence-corrected chi connectivity index (χ0v) is 15.9. The molecule has 0 spiro atoms. The van der Waals surface area contributed by atoms with E-state index < -0.39 is 0 Å². The number of hydrogen-bond acceptors (Lipinski definition) is 6. The maximum absolute atomic E-state index is 13.3. The van der Waals surface area contributed by atoms with E-state index in [4.69, 9.17) is 4.42 Å². The minimum Gasteiger partial charge on any atom is -0.423 e. The summed E-state index contributed by atoms with van der Waals surface area (Å²) in [4.78, 5) is 17.9. The van der Waals surface area contributed by atoms with Crippen molar-refractivity contribution in [3.63, 3.8) is 0 Å². The molecule has 27 heavy (non-hydrogen) atoms. The average molecular weight is 393 g/mol. The van der Waals surface area contributed by atoms with Gasteiger partial charge in [-0.2, -0.15) is 0 Å². The molecule has 0 fully saturated rings. The van der Waals surface area contributed by atoms with Crippen LogP contribution >= 0.6 is 22.7 Å². The lowest BCUT2D eigenvalue weighted by atomic mass is 9.97. The smallest absolute Gasteiger partial charge is 0.254 e. The van der Waals surface area contributed by atoms with Crippen molar-refractivity contribution < 1.29 is 9.21 Å². The topological polar surface area (TPSA) is 59.2 Å². The van der Waals surface area contributed by atoms with Gasteiger partial charge in [0.15, 0.2) is 0 Å². The van der Waals surface area contributed by atoms with Crippen LogP contribution < -0.4 is 0 Å². The van der Waals surface area contributed by atoms with Gasteiger partial charge < -0.3 is 9.32 Å². The van der Waals surface area contributed by atoms with Crippen LogP contribution in [0.3, 0.4) is 0 Å². The number of thiophene rings is 2.